The second kappa shape index (κ2) is 5.74. The number of phenolic OH excluding ortho intramolecular Hbond substituents is 1. The Hall–Kier alpha value is -3.07. The van der Waals surface area contributed by atoms with Crippen LogP contribution in [0.5, 0.6) is 5.75 Å². The zero-order valence-corrected chi connectivity index (χ0v) is 11.9. The Morgan fingerprint density at radius 1 is 1.27 bits per heavy atom. The second-order valence-corrected chi connectivity index (χ2v) is 4.65. The standard InChI is InChI=1S/C13H10N6O2S/c20-9-3-1-8(2-4-9)12(21)18-19-11(16-17-13(19)22)10-7-14-5-6-15-10/h1-7,20H,(H,17,22)(H,18,21). The highest BCUT2D eigenvalue weighted by molar-refractivity contribution is 7.71. The molecular weight excluding hydrogens is 304 g/mol. The average molecular weight is 314 g/mol. The lowest BCUT2D eigenvalue weighted by molar-refractivity contribution is 0.101. The van der Waals surface area contributed by atoms with Crippen LogP contribution in [0, 0.1) is 4.77 Å². The highest BCUT2D eigenvalue weighted by atomic mass is 32.1. The van der Waals surface area contributed by atoms with Gasteiger partial charge in [0.15, 0.2) is 0 Å². The van der Waals surface area contributed by atoms with Crippen LogP contribution >= 0.6 is 12.2 Å². The number of aromatic hydroxyl groups is 1. The summed E-state index contributed by atoms with van der Waals surface area (Å²) in [4.78, 5) is 20.3. The lowest BCUT2D eigenvalue weighted by Crippen LogP contribution is -2.24. The molecule has 0 saturated heterocycles. The Labute approximate surface area is 129 Å². The van der Waals surface area contributed by atoms with Crippen LogP contribution in [0.4, 0.5) is 0 Å². The molecule has 0 fully saturated rings. The van der Waals surface area contributed by atoms with Gasteiger partial charge in [0, 0.05) is 18.0 Å². The van der Waals surface area contributed by atoms with E-state index in [0.717, 1.165) is 0 Å². The van der Waals surface area contributed by atoms with Crippen LogP contribution in [0.25, 0.3) is 11.5 Å². The average Bonchev–Trinajstić information content (AvgIpc) is 2.90. The number of nitrogens with zero attached hydrogens (tertiary/aromatic N) is 4. The van der Waals surface area contributed by atoms with Crippen molar-refractivity contribution in [3.05, 3.63) is 53.2 Å². The molecule has 22 heavy (non-hydrogen) atoms. The summed E-state index contributed by atoms with van der Waals surface area (Å²) in [6.07, 6.45) is 4.55. The number of carbonyl (C=O) groups excluding carboxylic acids is 1. The number of H-pyrrole nitrogens is 1. The van der Waals surface area contributed by atoms with Crippen LogP contribution in [-0.4, -0.2) is 35.9 Å². The number of aromatic amines is 1. The van der Waals surface area contributed by atoms with E-state index in [0.29, 0.717) is 17.1 Å². The summed E-state index contributed by atoms with van der Waals surface area (Å²) in [6.45, 7) is 0. The van der Waals surface area contributed by atoms with E-state index in [-0.39, 0.29) is 10.5 Å². The van der Waals surface area contributed by atoms with E-state index in [9.17, 15) is 9.90 Å². The van der Waals surface area contributed by atoms with Crippen molar-refractivity contribution in [1.29, 1.82) is 0 Å². The van der Waals surface area contributed by atoms with Crippen LogP contribution in [0.1, 0.15) is 10.4 Å². The Kier molecular flexibility index (Phi) is 3.62. The summed E-state index contributed by atoms with van der Waals surface area (Å²) in [5.41, 5.74) is 3.45. The van der Waals surface area contributed by atoms with Gasteiger partial charge >= 0.3 is 0 Å². The molecule has 3 rings (SSSR count). The third-order valence-corrected chi connectivity index (χ3v) is 3.08. The molecule has 0 aliphatic carbocycles. The lowest BCUT2D eigenvalue weighted by Gasteiger charge is -2.08. The number of phenols is 1. The van der Waals surface area contributed by atoms with E-state index in [1.807, 2.05) is 0 Å². The van der Waals surface area contributed by atoms with Crippen molar-refractivity contribution in [2.75, 3.05) is 5.43 Å². The molecule has 9 heteroatoms. The molecular formula is C13H10N6O2S. The molecule has 1 amide bonds. The van der Waals surface area contributed by atoms with Crippen molar-refractivity contribution in [3.8, 4) is 17.3 Å². The molecule has 0 saturated carbocycles. The van der Waals surface area contributed by atoms with Crippen LogP contribution in [0.2, 0.25) is 0 Å². The highest BCUT2D eigenvalue weighted by Crippen LogP contribution is 2.13. The monoisotopic (exact) mass is 314 g/mol. The lowest BCUT2D eigenvalue weighted by atomic mass is 10.2. The van der Waals surface area contributed by atoms with Crippen molar-refractivity contribution in [3.63, 3.8) is 0 Å². The van der Waals surface area contributed by atoms with Gasteiger partial charge in [-0.15, -0.1) is 0 Å². The van der Waals surface area contributed by atoms with E-state index in [1.165, 1.54) is 47.5 Å². The van der Waals surface area contributed by atoms with Gasteiger partial charge in [-0.25, -0.2) is 14.8 Å². The summed E-state index contributed by atoms with van der Waals surface area (Å²) in [7, 11) is 0. The molecule has 0 atom stereocenters. The van der Waals surface area contributed by atoms with Gasteiger partial charge in [0.05, 0.1) is 6.20 Å². The Bertz CT molecular complexity index is 856. The summed E-state index contributed by atoms with van der Waals surface area (Å²) >= 11 is 5.10. The molecule has 8 nitrogen and oxygen atoms in total. The summed E-state index contributed by atoms with van der Waals surface area (Å²) in [6, 6.07) is 5.84. The fourth-order valence-corrected chi connectivity index (χ4v) is 1.94. The van der Waals surface area contributed by atoms with E-state index in [2.05, 4.69) is 25.6 Å². The zero-order valence-electron chi connectivity index (χ0n) is 11.1. The van der Waals surface area contributed by atoms with Gasteiger partial charge in [0.25, 0.3) is 5.91 Å². The minimum atomic E-state index is -0.400. The topological polar surface area (TPSA) is 109 Å². The number of nitrogens with one attached hydrogen (secondary N) is 2. The van der Waals surface area contributed by atoms with Crippen molar-refractivity contribution in [1.82, 2.24) is 24.8 Å². The predicted octanol–water partition coefficient (Wildman–Crippen LogP) is 1.49. The van der Waals surface area contributed by atoms with Crippen LogP contribution in [0.15, 0.2) is 42.9 Å². The van der Waals surface area contributed by atoms with Crippen LogP contribution in [-0.2, 0) is 0 Å². The van der Waals surface area contributed by atoms with Crippen molar-refractivity contribution >= 4 is 18.1 Å². The molecule has 0 spiro atoms. The number of hydrogen-bond donors (Lipinski definition) is 3. The number of amides is 1. The normalized spacial score (nSPS) is 10.4. The van der Waals surface area contributed by atoms with Crippen molar-refractivity contribution < 1.29 is 9.90 Å². The maximum Gasteiger partial charge on any atom is 0.270 e. The molecule has 0 radical (unpaired) electrons. The number of rotatable bonds is 3. The van der Waals surface area contributed by atoms with Gasteiger partial charge in [0.1, 0.15) is 11.4 Å². The number of aromatic nitrogens is 5. The molecule has 110 valence electrons. The Morgan fingerprint density at radius 2 is 2.05 bits per heavy atom. The highest BCUT2D eigenvalue weighted by Gasteiger charge is 2.13. The number of carbonyl (C=O) groups is 1. The maximum atomic E-state index is 12.2. The van der Waals surface area contributed by atoms with Gasteiger partial charge in [-0.1, -0.05) is 0 Å². The third-order valence-electron chi connectivity index (χ3n) is 2.81. The van der Waals surface area contributed by atoms with Crippen molar-refractivity contribution in [2.24, 2.45) is 0 Å². The second-order valence-electron chi connectivity index (χ2n) is 4.27. The van der Waals surface area contributed by atoms with Crippen LogP contribution in [0.3, 0.4) is 0 Å². The van der Waals surface area contributed by atoms with Gasteiger partial charge in [-0.2, -0.15) is 5.10 Å². The molecule has 3 N–H and O–H groups in total. The smallest absolute Gasteiger partial charge is 0.270 e. The molecule has 0 aliphatic rings. The Morgan fingerprint density at radius 3 is 2.73 bits per heavy atom. The first-order valence-corrected chi connectivity index (χ1v) is 6.60. The van der Waals surface area contributed by atoms with E-state index >= 15 is 0 Å². The van der Waals surface area contributed by atoms with Gasteiger partial charge in [0.2, 0.25) is 10.6 Å². The molecule has 0 unspecified atom stereocenters. The number of hydrogen-bond acceptors (Lipinski definition) is 6. The van der Waals surface area contributed by atoms with Crippen LogP contribution < -0.4 is 5.43 Å². The zero-order chi connectivity index (χ0) is 15.5. The van der Waals surface area contributed by atoms with E-state index < -0.39 is 5.91 Å². The minimum absolute atomic E-state index is 0.0803. The predicted molar refractivity (Wildman–Crippen MR) is 80.2 cm³/mol. The quantitative estimate of drug-likeness (QED) is 0.632. The van der Waals surface area contributed by atoms with E-state index in [4.69, 9.17) is 12.2 Å². The third kappa shape index (κ3) is 2.69. The minimum Gasteiger partial charge on any atom is -0.508 e. The fraction of sp³-hybridized carbons (Fsp3) is 0. The summed E-state index contributed by atoms with van der Waals surface area (Å²) < 4.78 is 1.53. The molecule has 0 bridgehead atoms. The molecule has 2 heterocycles. The van der Waals surface area contributed by atoms with Gasteiger partial charge in [-0.3, -0.25) is 15.2 Å². The Balaban J connectivity index is 1.93. The summed E-state index contributed by atoms with van der Waals surface area (Å²) in [5, 5.41) is 15.9. The summed E-state index contributed by atoms with van der Waals surface area (Å²) in [5.74, 6) is 0.0181. The number of benzene rings is 1. The SMILES string of the molecule is O=C(Nn1c(-c2cnccn2)n[nH]c1=S)c1ccc(O)cc1. The van der Waals surface area contributed by atoms with Gasteiger partial charge < -0.3 is 5.11 Å². The van der Waals surface area contributed by atoms with Crippen molar-refractivity contribution in [2.45, 2.75) is 0 Å². The van der Waals surface area contributed by atoms with E-state index in [1.54, 1.807) is 0 Å². The molecule has 3 aromatic rings. The first-order chi connectivity index (χ1) is 10.6. The molecule has 0 aliphatic heterocycles. The largest absolute Gasteiger partial charge is 0.508 e. The first-order valence-electron chi connectivity index (χ1n) is 6.19. The first kappa shape index (κ1) is 13.9. The molecule has 2 aromatic heterocycles. The van der Waals surface area contributed by atoms with Gasteiger partial charge in [-0.05, 0) is 36.5 Å². The fourth-order valence-electron chi connectivity index (χ4n) is 1.77. The molecule has 1 aromatic carbocycles. The maximum absolute atomic E-state index is 12.2.